The third-order valence-corrected chi connectivity index (χ3v) is 2.33. The summed E-state index contributed by atoms with van der Waals surface area (Å²) in [6.45, 7) is 3.82. The minimum Gasteiger partial charge on any atom is -0.466 e. The molecule has 1 heterocycles. The van der Waals surface area contributed by atoms with Crippen LogP contribution in [0.3, 0.4) is 0 Å². The number of aliphatic hydroxyl groups is 1. The Balaban J connectivity index is 2.68. The molecule has 0 saturated carbocycles. The maximum atomic E-state index is 11.4. The highest BCUT2D eigenvalue weighted by atomic mass is 32.1. The summed E-state index contributed by atoms with van der Waals surface area (Å²) in [7, 11) is 0. The van der Waals surface area contributed by atoms with Gasteiger partial charge in [0, 0.05) is 6.54 Å². The highest BCUT2D eigenvalue weighted by molar-refractivity contribution is 7.80. The van der Waals surface area contributed by atoms with Crippen molar-refractivity contribution < 1.29 is 14.6 Å². The Morgan fingerprint density at radius 3 is 3.00 bits per heavy atom. The van der Waals surface area contributed by atoms with Crippen LogP contribution >= 0.6 is 12.2 Å². The predicted octanol–water partition coefficient (Wildman–Crippen LogP) is -0.648. The largest absolute Gasteiger partial charge is 0.466 e. The fourth-order valence-corrected chi connectivity index (χ4v) is 1.60. The molecule has 0 unspecified atom stereocenters. The molecule has 2 atom stereocenters. The smallest absolute Gasteiger partial charge is 0.315 e. The van der Waals surface area contributed by atoms with Gasteiger partial charge >= 0.3 is 5.97 Å². The molecule has 0 radical (unpaired) electrons. The fraction of sp³-hybridized carbons (Fsp3) is 0.750. The maximum Gasteiger partial charge on any atom is 0.315 e. The van der Waals surface area contributed by atoms with E-state index in [4.69, 9.17) is 17.0 Å². The van der Waals surface area contributed by atoms with Gasteiger partial charge in [-0.05, 0) is 26.1 Å². The second-order valence-corrected chi connectivity index (χ2v) is 3.70. The molecule has 0 aromatic rings. The molecule has 0 aromatic heterocycles. The lowest BCUT2D eigenvalue weighted by Gasteiger charge is -2.37. The van der Waals surface area contributed by atoms with E-state index >= 15 is 0 Å². The number of nitrogens with one attached hydrogen (secondary N) is 2. The lowest BCUT2D eigenvalue weighted by atomic mass is 9.95. The first-order chi connectivity index (χ1) is 6.47. The second-order valence-electron chi connectivity index (χ2n) is 3.29. The number of hydrogen-bond acceptors (Lipinski definition) is 4. The van der Waals surface area contributed by atoms with Crippen molar-refractivity contribution >= 4 is 23.3 Å². The molecule has 80 valence electrons. The topological polar surface area (TPSA) is 70.6 Å². The van der Waals surface area contributed by atoms with Crippen LogP contribution in [-0.4, -0.2) is 35.1 Å². The quantitative estimate of drug-likeness (QED) is 0.423. The van der Waals surface area contributed by atoms with Gasteiger partial charge in [0.2, 0.25) is 0 Å². The maximum absolute atomic E-state index is 11.4. The van der Waals surface area contributed by atoms with Crippen molar-refractivity contribution in [2.24, 2.45) is 5.92 Å². The third-order valence-electron chi connectivity index (χ3n) is 2.08. The third kappa shape index (κ3) is 2.33. The van der Waals surface area contributed by atoms with E-state index in [1.807, 2.05) is 0 Å². The number of thiocarbonyl (C=S) groups is 1. The summed E-state index contributed by atoms with van der Waals surface area (Å²) >= 11 is 4.82. The highest BCUT2D eigenvalue weighted by Gasteiger charge is 2.42. The van der Waals surface area contributed by atoms with E-state index in [0.29, 0.717) is 11.7 Å². The molecule has 6 heteroatoms. The van der Waals surface area contributed by atoms with Crippen LogP contribution in [0.1, 0.15) is 13.8 Å². The molecule has 3 N–H and O–H groups in total. The molecule has 1 rings (SSSR count). The molecular weight excluding hydrogens is 204 g/mol. The summed E-state index contributed by atoms with van der Waals surface area (Å²) in [5.41, 5.74) is -1.34. The first kappa shape index (κ1) is 11.2. The summed E-state index contributed by atoms with van der Waals surface area (Å²) in [4.78, 5) is 11.4. The summed E-state index contributed by atoms with van der Waals surface area (Å²) in [6, 6.07) is 0. The van der Waals surface area contributed by atoms with Crippen LogP contribution in [0.4, 0.5) is 0 Å². The Kier molecular flexibility index (Phi) is 3.28. The number of hydrogen-bond donors (Lipinski definition) is 3. The van der Waals surface area contributed by atoms with Gasteiger partial charge in [-0.2, -0.15) is 0 Å². The number of esters is 1. The SMILES string of the molecule is CCOC(=O)[C@H]1CNC(=S)N[C@]1(C)O. The van der Waals surface area contributed by atoms with Crippen molar-refractivity contribution in [2.75, 3.05) is 13.2 Å². The predicted molar refractivity (Wildman–Crippen MR) is 54.5 cm³/mol. The molecule has 0 aromatic carbocycles. The van der Waals surface area contributed by atoms with Gasteiger partial charge in [0.05, 0.1) is 6.61 Å². The fourth-order valence-electron chi connectivity index (χ4n) is 1.31. The van der Waals surface area contributed by atoms with E-state index in [9.17, 15) is 9.90 Å². The normalized spacial score (nSPS) is 31.6. The molecule has 0 spiro atoms. The molecule has 5 nitrogen and oxygen atoms in total. The first-order valence-electron chi connectivity index (χ1n) is 4.42. The number of rotatable bonds is 2. The monoisotopic (exact) mass is 218 g/mol. The molecule has 0 amide bonds. The zero-order valence-electron chi connectivity index (χ0n) is 8.16. The van der Waals surface area contributed by atoms with Gasteiger partial charge < -0.3 is 20.5 Å². The molecule has 0 bridgehead atoms. The summed E-state index contributed by atoms with van der Waals surface area (Å²) in [5, 5.41) is 15.6. The molecule has 1 aliphatic rings. The molecule has 0 aliphatic carbocycles. The number of carbonyl (C=O) groups excluding carboxylic acids is 1. The van der Waals surface area contributed by atoms with E-state index in [1.165, 1.54) is 6.92 Å². The Bertz CT molecular complexity index is 255. The van der Waals surface area contributed by atoms with Crippen LogP contribution in [0.2, 0.25) is 0 Å². The first-order valence-corrected chi connectivity index (χ1v) is 4.83. The van der Waals surface area contributed by atoms with E-state index in [-0.39, 0.29) is 6.54 Å². The lowest BCUT2D eigenvalue weighted by Crippen LogP contribution is -2.64. The second kappa shape index (κ2) is 4.10. The van der Waals surface area contributed by atoms with E-state index < -0.39 is 17.6 Å². The Hall–Kier alpha value is -0.880. The Morgan fingerprint density at radius 1 is 1.86 bits per heavy atom. The molecule has 14 heavy (non-hydrogen) atoms. The Labute approximate surface area is 87.8 Å². The minimum atomic E-state index is -1.34. The van der Waals surface area contributed by atoms with Gasteiger partial charge in [-0.15, -0.1) is 0 Å². The van der Waals surface area contributed by atoms with E-state index in [2.05, 4.69) is 10.6 Å². The van der Waals surface area contributed by atoms with Crippen molar-refractivity contribution in [3.8, 4) is 0 Å². The van der Waals surface area contributed by atoms with Crippen LogP contribution in [0.25, 0.3) is 0 Å². The van der Waals surface area contributed by atoms with Crippen molar-refractivity contribution in [2.45, 2.75) is 19.6 Å². The standard InChI is InChI=1S/C8H14N2O3S/c1-3-13-6(11)5-4-9-7(14)10-8(5,2)12/h5,12H,3-4H2,1-2H3,(H2,9,10,14)/t5-,8-/m1/s1. The average Bonchev–Trinajstić information content (AvgIpc) is 2.01. The van der Waals surface area contributed by atoms with Crippen LogP contribution < -0.4 is 10.6 Å². The average molecular weight is 218 g/mol. The molecule has 1 aliphatic heterocycles. The Morgan fingerprint density at radius 2 is 2.50 bits per heavy atom. The van der Waals surface area contributed by atoms with Crippen molar-refractivity contribution in [1.29, 1.82) is 0 Å². The van der Waals surface area contributed by atoms with Gasteiger partial charge in [-0.1, -0.05) is 0 Å². The van der Waals surface area contributed by atoms with E-state index in [1.54, 1.807) is 6.92 Å². The van der Waals surface area contributed by atoms with Gasteiger partial charge in [0.15, 0.2) is 5.11 Å². The summed E-state index contributed by atoms with van der Waals surface area (Å²) < 4.78 is 4.83. The molecule has 1 saturated heterocycles. The highest BCUT2D eigenvalue weighted by Crippen LogP contribution is 2.18. The van der Waals surface area contributed by atoms with Gasteiger partial charge in [-0.25, -0.2) is 0 Å². The number of ether oxygens (including phenoxy) is 1. The van der Waals surface area contributed by atoms with Gasteiger partial charge in [0.1, 0.15) is 11.6 Å². The molecular formula is C8H14N2O3S. The number of carbonyl (C=O) groups is 1. The van der Waals surface area contributed by atoms with Gasteiger partial charge in [0.25, 0.3) is 0 Å². The zero-order chi connectivity index (χ0) is 10.8. The van der Waals surface area contributed by atoms with E-state index in [0.717, 1.165) is 0 Å². The molecule has 1 fully saturated rings. The van der Waals surface area contributed by atoms with Crippen molar-refractivity contribution in [1.82, 2.24) is 10.6 Å². The van der Waals surface area contributed by atoms with Gasteiger partial charge in [-0.3, -0.25) is 4.79 Å². The minimum absolute atomic E-state index is 0.289. The van der Waals surface area contributed by atoms with Crippen molar-refractivity contribution in [3.63, 3.8) is 0 Å². The summed E-state index contributed by atoms with van der Waals surface area (Å²) in [6.07, 6.45) is 0. The van der Waals surface area contributed by atoms with Crippen LogP contribution in [0, 0.1) is 5.92 Å². The zero-order valence-corrected chi connectivity index (χ0v) is 8.98. The van der Waals surface area contributed by atoms with Crippen LogP contribution in [0.5, 0.6) is 0 Å². The lowest BCUT2D eigenvalue weighted by molar-refractivity contribution is -0.158. The van der Waals surface area contributed by atoms with Crippen molar-refractivity contribution in [3.05, 3.63) is 0 Å². The van der Waals surface area contributed by atoms with Crippen LogP contribution in [-0.2, 0) is 9.53 Å². The van der Waals surface area contributed by atoms with Crippen LogP contribution in [0.15, 0.2) is 0 Å². The summed E-state index contributed by atoms with van der Waals surface area (Å²) in [5.74, 6) is -1.07.